The average Bonchev–Trinajstić information content (AvgIpc) is 2.83. The molecular weight excluding hydrogens is 462 g/mol. The third-order valence-corrected chi connectivity index (χ3v) is 10.8. The van der Waals surface area contributed by atoms with Crippen LogP contribution in [0.5, 0.6) is 0 Å². The summed E-state index contributed by atoms with van der Waals surface area (Å²) in [5.74, 6) is -9.29. The molecule has 0 N–H and O–H groups in total. The van der Waals surface area contributed by atoms with Gasteiger partial charge in [-0.3, -0.25) is 0 Å². The van der Waals surface area contributed by atoms with Crippen LogP contribution in [0.2, 0.25) is 0 Å². The number of aryl methyl sites for hydroxylation is 2. The van der Waals surface area contributed by atoms with Crippen LogP contribution in [0.1, 0.15) is 11.1 Å². The second kappa shape index (κ2) is 6.64. The van der Waals surface area contributed by atoms with Crippen molar-refractivity contribution in [3.63, 3.8) is 0 Å². The molecule has 6 heteroatoms. The van der Waals surface area contributed by atoms with Gasteiger partial charge in [0.25, 0.3) is 0 Å². The Balaban J connectivity index is 2.10. The summed E-state index contributed by atoms with van der Waals surface area (Å²) in [6.07, 6.45) is 1.33. The van der Waals surface area contributed by atoms with E-state index >= 15 is 0 Å². The molecule has 1 aliphatic heterocycles. The van der Waals surface area contributed by atoms with Gasteiger partial charge in [0.1, 0.15) is 0 Å². The van der Waals surface area contributed by atoms with Crippen LogP contribution in [-0.4, -0.2) is 0 Å². The summed E-state index contributed by atoms with van der Waals surface area (Å²) in [5.41, 5.74) is 1.80. The second-order valence-corrected chi connectivity index (χ2v) is 10.9. The molecule has 0 fully saturated rings. The van der Waals surface area contributed by atoms with Crippen LogP contribution >= 0.6 is 19.8 Å². The Hall–Kier alpha value is -1.96. The van der Waals surface area contributed by atoms with Gasteiger partial charge in [-0.05, 0) is 0 Å². The molecule has 0 nitrogen and oxygen atoms in total. The Morgan fingerprint density at radius 1 is 0.538 bits per heavy atom. The molecule has 0 aromatic heterocycles. The van der Waals surface area contributed by atoms with Crippen LogP contribution < -0.4 is 0 Å². The van der Waals surface area contributed by atoms with Crippen molar-refractivity contribution >= 4 is 19.8 Å². The maximum absolute atomic E-state index is 14.6. The first-order chi connectivity index (χ1) is 12.5. The molecule has 4 rings (SSSR count). The molecule has 0 spiro atoms. The predicted molar refractivity (Wildman–Crippen MR) is 96.6 cm³/mol. The standard InChI is InChI=1S/C20H12F5I/c21-15-16(22)18(24)20(19(25)17(15)23)26-13-7-3-1-5-11(13)9-10-12-6-2-4-8-14(12)26/h1-8H,9-10H2. The quantitative estimate of drug-likeness (QED) is 0.179. The summed E-state index contributed by atoms with van der Waals surface area (Å²) in [6, 6.07) is 14.3. The number of halogens is 6. The molecule has 0 amide bonds. The molecule has 0 saturated carbocycles. The van der Waals surface area contributed by atoms with Crippen molar-refractivity contribution < 1.29 is 22.0 Å². The molecule has 134 valence electrons. The number of hydrogen-bond donors (Lipinski definition) is 0. The number of fused-ring (bicyclic) bond motifs is 2. The summed E-state index contributed by atoms with van der Waals surface area (Å²) in [7, 11) is 0. The molecule has 0 unspecified atom stereocenters. The third kappa shape index (κ3) is 2.62. The first-order valence-corrected chi connectivity index (χ1v) is 11.1. The van der Waals surface area contributed by atoms with Gasteiger partial charge in [-0.15, -0.1) is 0 Å². The fraction of sp³-hybridized carbons (Fsp3) is 0.100. The molecule has 1 aliphatic rings. The van der Waals surface area contributed by atoms with Crippen LogP contribution in [0, 0.1) is 39.8 Å². The molecular formula is C20H12F5I. The summed E-state index contributed by atoms with van der Waals surface area (Å²) < 4.78 is 71.3. The minimum absolute atomic E-state index is 0.646. The molecule has 0 saturated heterocycles. The zero-order valence-electron chi connectivity index (χ0n) is 13.3. The third-order valence-electron chi connectivity index (χ3n) is 4.33. The van der Waals surface area contributed by atoms with Crippen molar-refractivity contribution in [3.8, 4) is 0 Å². The maximum atomic E-state index is 14.6. The van der Waals surface area contributed by atoms with Crippen LogP contribution in [0.3, 0.4) is 0 Å². The van der Waals surface area contributed by atoms with Gasteiger partial charge in [-0.25, -0.2) is 0 Å². The van der Waals surface area contributed by atoms with Gasteiger partial charge in [0.2, 0.25) is 0 Å². The van der Waals surface area contributed by atoms with Gasteiger partial charge in [-0.2, -0.15) is 0 Å². The predicted octanol–water partition coefficient (Wildman–Crippen LogP) is 5.90. The van der Waals surface area contributed by atoms with Gasteiger partial charge in [0.15, 0.2) is 0 Å². The van der Waals surface area contributed by atoms with Crippen molar-refractivity contribution in [1.29, 1.82) is 0 Å². The van der Waals surface area contributed by atoms with E-state index in [0.29, 0.717) is 20.0 Å². The van der Waals surface area contributed by atoms with Crippen molar-refractivity contribution in [3.05, 3.63) is 99.5 Å². The fourth-order valence-electron chi connectivity index (χ4n) is 3.10. The minimum atomic E-state index is -3.11. The fourth-order valence-corrected chi connectivity index (χ4v) is 9.73. The van der Waals surface area contributed by atoms with Crippen molar-refractivity contribution in [2.75, 3.05) is 0 Å². The molecule has 0 radical (unpaired) electrons. The summed E-state index contributed by atoms with van der Waals surface area (Å²) in [5, 5.41) is 0. The van der Waals surface area contributed by atoms with Gasteiger partial charge < -0.3 is 0 Å². The van der Waals surface area contributed by atoms with Gasteiger partial charge in [0.05, 0.1) is 0 Å². The molecule has 26 heavy (non-hydrogen) atoms. The molecule has 3 aromatic carbocycles. The normalized spacial score (nSPS) is 14.6. The summed E-state index contributed by atoms with van der Waals surface area (Å²) >= 11 is -3.11. The Labute approximate surface area is 154 Å². The van der Waals surface area contributed by atoms with E-state index in [1.165, 1.54) is 0 Å². The van der Waals surface area contributed by atoms with E-state index in [2.05, 4.69) is 0 Å². The molecule has 0 atom stereocenters. The van der Waals surface area contributed by atoms with Gasteiger partial charge in [-0.1, -0.05) is 0 Å². The topological polar surface area (TPSA) is 0 Å². The number of rotatable bonds is 1. The van der Waals surface area contributed by atoms with E-state index in [1.54, 1.807) is 24.3 Å². The van der Waals surface area contributed by atoms with Gasteiger partial charge in [0, 0.05) is 0 Å². The van der Waals surface area contributed by atoms with E-state index in [-0.39, 0.29) is 0 Å². The average molecular weight is 474 g/mol. The van der Waals surface area contributed by atoms with E-state index in [0.717, 1.165) is 11.1 Å². The number of benzene rings is 3. The molecule has 3 aromatic rings. The van der Waals surface area contributed by atoms with Crippen LogP contribution in [0.25, 0.3) is 0 Å². The van der Waals surface area contributed by atoms with E-state index < -0.39 is 52.5 Å². The Morgan fingerprint density at radius 2 is 0.923 bits per heavy atom. The number of hydrogen-bond acceptors (Lipinski definition) is 0. The van der Waals surface area contributed by atoms with Crippen LogP contribution in [-0.2, 0) is 12.8 Å². The molecule has 0 bridgehead atoms. The van der Waals surface area contributed by atoms with E-state index in [1.807, 2.05) is 24.3 Å². The SMILES string of the molecule is Fc1c(F)c(F)c(I2c3ccccc3CCc3ccccc32)c(F)c1F. The van der Waals surface area contributed by atoms with E-state index in [4.69, 9.17) is 0 Å². The van der Waals surface area contributed by atoms with E-state index in [9.17, 15) is 22.0 Å². The van der Waals surface area contributed by atoms with Crippen LogP contribution in [0.4, 0.5) is 22.0 Å². The van der Waals surface area contributed by atoms with Gasteiger partial charge >= 0.3 is 154 Å². The Bertz CT molecular complexity index is 939. The summed E-state index contributed by atoms with van der Waals surface area (Å²) in [4.78, 5) is 0. The monoisotopic (exact) mass is 474 g/mol. The van der Waals surface area contributed by atoms with Crippen molar-refractivity contribution in [2.24, 2.45) is 0 Å². The zero-order valence-corrected chi connectivity index (χ0v) is 15.5. The summed E-state index contributed by atoms with van der Waals surface area (Å²) in [6.45, 7) is 0. The first-order valence-electron chi connectivity index (χ1n) is 7.87. The van der Waals surface area contributed by atoms with Crippen molar-refractivity contribution in [2.45, 2.75) is 12.8 Å². The Kier molecular flexibility index (Phi) is 4.46. The van der Waals surface area contributed by atoms with Crippen LogP contribution in [0.15, 0.2) is 48.5 Å². The first kappa shape index (κ1) is 17.5. The molecule has 1 heterocycles. The Morgan fingerprint density at radius 3 is 1.38 bits per heavy atom. The molecule has 0 aliphatic carbocycles. The second-order valence-electron chi connectivity index (χ2n) is 5.85. The van der Waals surface area contributed by atoms with Crippen molar-refractivity contribution in [1.82, 2.24) is 0 Å². The zero-order chi connectivity index (χ0) is 18.4.